The van der Waals surface area contributed by atoms with E-state index < -0.39 is 11.5 Å². The van der Waals surface area contributed by atoms with Crippen LogP contribution in [0.2, 0.25) is 0 Å². The largest absolute Gasteiger partial charge is 0.340 e. The van der Waals surface area contributed by atoms with Crippen molar-refractivity contribution < 1.29 is 9.18 Å². The summed E-state index contributed by atoms with van der Waals surface area (Å²) < 4.78 is 13.4. The fraction of sp³-hybridized carbons (Fsp3) is 0.357. The molecule has 1 aromatic heterocycles. The Labute approximate surface area is 120 Å². The zero-order valence-electron chi connectivity index (χ0n) is 11.9. The lowest BCUT2D eigenvalue weighted by Gasteiger charge is -2.14. The minimum absolute atomic E-state index is 0.139. The number of halogens is 1. The number of nitrogens with zero attached hydrogens (tertiary/aromatic N) is 1. The summed E-state index contributed by atoms with van der Waals surface area (Å²) >= 11 is 0. The average molecular weight is 292 g/mol. The first-order valence-corrected chi connectivity index (χ1v) is 6.80. The summed E-state index contributed by atoms with van der Waals surface area (Å²) in [5.41, 5.74) is 0.273. The first-order chi connectivity index (χ1) is 10.0. The highest BCUT2D eigenvalue weighted by molar-refractivity contribution is 5.96. The molecule has 0 aliphatic carbocycles. The van der Waals surface area contributed by atoms with E-state index in [1.807, 2.05) is 13.8 Å². The molecule has 0 atom stereocenters. The second-order valence-electron chi connectivity index (χ2n) is 4.72. The molecule has 0 saturated heterocycles. The van der Waals surface area contributed by atoms with Crippen LogP contribution in [-0.4, -0.2) is 21.1 Å². The monoisotopic (exact) mass is 292 g/mol. The van der Waals surface area contributed by atoms with Gasteiger partial charge in [-0.2, -0.15) is 5.10 Å². The van der Waals surface area contributed by atoms with E-state index >= 15 is 0 Å². The molecule has 112 valence electrons. The molecule has 1 amide bonds. The molecule has 2 rings (SSSR count). The predicted molar refractivity (Wildman–Crippen MR) is 77.3 cm³/mol. The molecule has 1 aromatic carbocycles. The lowest BCUT2D eigenvalue weighted by atomic mass is 10.0. The van der Waals surface area contributed by atoms with Gasteiger partial charge in [0.2, 0.25) is 5.91 Å². The summed E-state index contributed by atoms with van der Waals surface area (Å²) in [5, 5.41) is 8.75. The van der Waals surface area contributed by atoms with E-state index in [-0.39, 0.29) is 23.3 Å². The average Bonchev–Trinajstić information content (AvgIpc) is 2.86. The van der Waals surface area contributed by atoms with Crippen LogP contribution in [0.3, 0.4) is 0 Å². The van der Waals surface area contributed by atoms with E-state index in [2.05, 4.69) is 20.5 Å². The third-order valence-electron chi connectivity index (χ3n) is 3.35. The number of aromatic nitrogens is 3. The summed E-state index contributed by atoms with van der Waals surface area (Å²) in [6.45, 7) is 3.84. The van der Waals surface area contributed by atoms with Gasteiger partial charge in [-0.3, -0.25) is 9.78 Å². The number of benzene rings is 1. The molecular formula is C14H17FN4O2. The smallest absolute Gasteiger partial charge is 0.325 e. The number of anilines is 1. The Balaban J connectivity index is 2.36. The van der Waals surface area contributed by atoms with Gasteiger partial charge in [-0.25, -0.2) is 14.3 Å². The van der Waals surface area contributed by atoms with Crippen molar-refractivity contribution in [2.75, 3.05) is 5.32 Å². The number of carbonyl (C=O) groups is 1. The molecule has 1 heterocycles. The number of hydrogen-bond donors (Lipinski definition) is 3. The van der Waals surface area contributed by atoms with Crippen molar-refractivity contribution in [2.24, 2.45) is 5.92 Å². The van der Waals surface area contributed by atoms with E-state index in [0.717, 1.165) is 0 Å². The molecule has 0 aliphatic rings. The van der Waals surface area contributed by atoms with Gasteiger partial charge in [0.15, 0.2) is 5.82 Å². The number of aromatic amines is 2. The fourth-order valence-electron chi connectivity index (χ4n) is 2.12. The Morgan fingerprint density at radius 1 is 1.38 bits per heavy atom. The van der Waals surface area contributed by atoms with Gasteiger partial charge < -0.3 is 5.32 Å². The molecule has 0 spiro atoms. The normalized spacial score (nSPS) is 10.9. The van der Waals surface area contributed by atoms with E-state index in [0.29, 0.717) is 18.4 Å². The maximum absolute atomic E-state index is 13.4. The molecule has 7 heteroatoms. The van der Waals surface area contributed by atoms with Crippen molar-refractivity contribution in [1.29, 1.82) is 0 Å². The van der Waals surface area contributed by atoms with Gasteiger partial charge in [0.25, 0.3) is 0 Å². The van der Waals surface area contributed by atoms with E-state index in [9.17, 15) is 14.0 Å². The highest BCUT2D eigenvalue weighted by Crippen LogP contribution is 2.26. The van der Waals surface area contributed by atoms with Gasteiger partial charge >= 0.3 is 5.69 Å². The van der Waals surface area contributed by atoms with Crippen LogP contribution in [0.25, 0.3) is 11.4 Å². The summed E-state index contributed by atoms with van der Waals surface area (Å²) in [6, 6.07) is 3.92. The number of rotatable bonds is 5. The van der Waals surface area contributed by atoms with Crippen molar-refractivity contribution in [1.82, 2.24) is 15.2 Å². The van der Waals surface area contributed by atoms with E-state index in [4.69, 9.17) is 0 Å². The minimum Gasteiger partial charge on any atom is -0.325 e. The molecule has 0 unspecified atom stereocenters. The molecular weight excluding hydrogens is 275 g/mol. The fourth-order valence-corrected chi connectivity index (χ4v) is 2.12. The molecule has 21 heavy (non-hydrogen) atoms. The van der Waals surface area contributed by atoms with Crippen LogP contribution in [0.1, 0.15) is 26.7 Å². The van der Waals surface area contributed by atoms with Crippen molar-refractivity contribution in [3.05, 3.63) is 34.5 Å². The minimum atomic E-state index is -0.475. The molecule has 2 aromatic rings. The molecule has 6 nitrogen and oxygen atoms in total. The lowest BCUT2D eigenvalue weighted by Crippen LogP contribution is -2.22. The Hall–Kier alpha value is -2.44. The third kappa shape index (κ3) is 3.36. The molecule has 3 N–H and O–H groups in total. The van der Waals surface area contributed by atoms with Crippen LogP contribution in [0.15, 0.2) is 23.0 Å². The lowest BCUT2D eigenvalue weighted by molar-refractivity contribution is -0.120. The molecule has 0 saturated carbocycles. The van der Waals surface area contributed by atoms with Gasteiger partial charge in [0.05, 0.1) is 5.69 Å². The summed E-state index contributed by atoms with van der Waals surface area (Å²) in [5.74, 6) is -0.541. The van der Waals surface area contributed by atoms with E-state index in [1.54, 1.807) is 0 Å². The maximum Gasteiger partial charge on any atom is 0.340 e. The van der Waals surface area contributed by atoms with Crippen molar-refractivity contribution in [3.63, 3.8) is 0 Å². The Kier molecular flexibility index (Phi) is 4.52. The zero-order valence-corrected chi connectivity index (χ0v) is 11.9. The van der Waals surface area contributed by atoms with E-state index in [1.165, 1.54) is 18.2 Å². The number of hydrogen-bond acceptors (Lipinski definition) is 3. The van der Waals surface area contributed by atoms with Crippen LogP contribution in [-0.2, 0) is 4.79 Å². The van der Waals surface area contributed by atoms with Crippen molar-refractivity contribution in [3.8, 4) is 11.4 Å². The van der Waals surface area contributed by atoms with Gasteiger partial charge in [0.1, 0.15) is 5.82 Å². The second-order valence-corrected chi connectivity index (χ2v) is 4.72. The highest BCUT2D eigenvalue weighted by Gasteiger charge is 2.17. The van der Waals surface area contributed by atoms with Gasteiger partial charge in [-0.1, -0.05) is 13.8 Å². The Bertz CT molecular complexity index is 688. The topological polar surface area (TPSA) is 90.6 Å². The van der Waals surface area contributed by atoms with Gasteiger partial charge in [0, 0.05) is 11.5 Å². The van der Waals surface area contributed by atoms with Crippen LogP contribution >= 0.6 is 0 Å². The highest BCUT2D eigenvalue weighted by atomic mass is 19.1. The van der Waals surface area contributed by atoms with Crippen molar-refractivity contribution in [2.45, 2.75) is 26.7 Å². The molecule has 0 bridgehead atoms. The number of H-pyrrole nitrogens is 2. The first-order valence-electron chi connectivity index (χ1n) is 6.80. The Morgan fingerprint density at radius 3 is 2.67 bits per heavy atom. The summed E-state index contributed by atoms with van der Waals surface area (Å²) in [7, 11) is 0. The molecule has 0 aliphatic heterocycles. The van der Waals surface area contributed by atoms with Crippen LogP contribution in [0.4, 0.5) is 10.1 Å². The van der Waals surface area contributed by atoms with Crippen LogP contribution in [0.5, 0.6) is 0 Å². The van der Waals surface area contributed by atoms with Crippen LogP contribution in [0, 0.1) is 11.7 Å². The standard InChI is InChI=1S/C14H17FN4O2/c1-3-8(4-2)13(20)16-11-7-9(15)5-6-10(11)12-17-14(21)19-18-12/h5-8H,3-4H2,1-2H3,(H,16,20)(H2,17,18,19,21). The summed E-state index contributed by atoms with van der Waals surface area (Å²) in [4.78, 5) is 25.8. The second kappa shape index (κ2) is 6.34. The Morgan fingerprint density at radius 2 is 2.10 bits per heavy atom. The SMILES string of the molecule is CCC(CC)C(=O)Nc1cc(F)ccc1-c1n[nH]c(=O)[nH]1. The molecule has 0 radical (unpaired) electrons. The van der Waals surface area contributed by atoms with Gasteiger partial charge in [-0.15, -0.1) is 0 Å². The number of nitrogens with one attached hydrogen (secondary N) is 3. The molecule has 0 fully saturated rings. The number of carbonyl (C=O) groups excluding carboxylic acids is 1. The van der Waals surface area contributed by atoms with Gasteiger partial charge in [-0.05, 0) is 31.0 Å². The van der Waals surface area contributed by atoms with Crippen LogP contribution < -0.4 is 11.0 Å². The zero-order chi connectivity index (χ0) is 15.4. The van der Waals surface area contributed by atoms with Crippen molar-refractivity contribution >= 4 is 11.6 Å². The number of amides is 1. The quantitative estimate of drug-likeness (QED) is 0.789. The maximum atomic E-state index is 13.4. The third-order valence-corrected chi connectivity index (χ3v) is 3.35. The first kappa shape index (κ1) is 15.0. The summed E-state index contributed by atoms with van der Waals surface area (Å²) in [6.07, 6.45) is 1.40. The predicted octanol–water partition coefficient (Wildman–Crippen LogP) is 2.28.